The molecule has 0 radical (unpaired) electrons. The summed E-state index contributed by atoms with van der Waals surface area (Å²) in [6, 6.07) is 7.19. The predicted octanol–water partition coefficient (Wildman–Crippen LogP) is 1.24. The Morgan fingerprint density at radius 1 is 1.40 bits per heavy atom. The second-order valence-electron chi connectivity index (χ2n) is 3.41. The second-order valence-corrected chi connectivity index (χ2v) is 3.41. The smallest absolute Gasteiger partial charge is 0.250 e. The van der Waals surface area contributed by atoms with Gasteiger partial charge in [0.25, 0.3) is 5.91 Å². The van der Waals surface area contributed by atoms with Crippen molar-refractivity contribution < 1.29 is 14.7 Å². The fraction of sp³-hybridized carbons (Fsp3) is 0.364. The summed E-state index contributed by atoms with van der Waals surface area (Å²) in [4.78, 5) is 16.9. The number of rotatable bonds is 2. The van der Waals surface area contributed by atoms with Crippen LogP contribution in [0.15, 0.2) is 24.3 Å². The van der Waals surface area contributed by atoms with Crippen molar-refractivity contribution in [1.82, 2.24) is 0 Å². The van der Waals surface area contributed by atoms with Gasteiger partial charge in [0.1, 0.15) is 0 Å². The Hall–Kier alpha value is -1.39. The van der Waals surface area contributed by atoms with E-state index in [9.17, 15) is 4.79 Å². The lowest BCUT2D eigenvalue weighted by molar-refractivity contribution is -0.129. The summed E-state index contributed by atoms with van der Waals surface area (Å²) in [6.45, 7) is 0.453. The van der Waals surface area contributed by atoms with Gasteiger partial charge in [0.15, 0.2) is 0 Å². The number of aliphatic hydroxyl groups is 1. The summed E-state index contributed by atoms with van der Waals surface area (Å²) in [5.41, 5.74) is 1.34. The first-order chi connectivity index (χ1) is 7.33. The Kier molecular flexibility index (Phi) is 2.99. The lowest BCUT2D eigenvalue weighted by Gasteiger charge is -2.27. The first kappa shape index (κ1) is 10.1. The van der Waals surface area contributed by atoms with Crippen LogP contribution in [0.5, 0.6) is 0 Å². The molecule has 1 saturated heterocycles. The SMILES string of the molecule is O=C1CCCON1c1ccccc1CO. The van der Waals surface area contributed by atoms with Crippen LogP contribution in [-0.4, -0.2) is 17.6 Å². The fourth-order valence-corrected chi connectivity index (χ4v) is 1.60. The standard InChI is InChI=1S/C11H13NO3/c13-8-9-4-1-2-5-10(9)12-11(14)6-3-7-15-12/h1-2,4-5,13H,3,6-8H2. The minimum Gasteiger partial charge on any atom is -0.392 e. The van der Waals surface area contributed by atoms with Gasteiger partial charge in [-0.15, -0.1) is 0 Å². The van der Waals surface area contributed by atoms with Crippen molar-refractivity contribution in [1.29, 1.82) is 0 Å². The fourth-order valence-electron chi connectivity index (χ4n) is 1.60. The average molecular weight is 207 g/mol. The number of hydrogen-bond acceptors (Lipinski definition) is 3. The van der Waals surface area contributed by atoms with Crippen molar-refractivity contribution in [3.63, 3.8) is 0 Å². The highest BCUT2D eigenvalue weighted by molar-refractivity contribution is 5.92. The maximum Gasteiger partial charge on any atom is 0.250 e. The number of benzene rings is 1. The number of carbonyl (C=O) groups is 1. The molecule has 1 N–H and O–H groups in total. The predicted molar refractivity (Wildman–Crippen MR) is 55.0 cm³/mol. The third-order valence-corrected chi connectivity index (χ3v) is 2.36. The molecule has 0 saturated carbocycles. The second kappa shape index (κ2) is 4.42. The number of aliphatic hydroxyl groups excluding tert-OH is 1. The van der Waals surface area contributed by atoms with E-state index in [1.807, 2.05) is 12.1 Å². The number of nitrogens with zero attached hydrogens (tertiary/aromatic N) is 1. The van der Waals surface area contributed by atoms with Crippen LogP contribution in [0.4, 0.5) is 5.69 Å². The summed E-state index contributed by atoms with van der Waals surface area (Å²) in [5.74, 6) is -0.0536. The Bertz CT molecular complexity index is 365. The van der Waals surface area contributed by atoms with Crippen molar-refractivity contribution in [3.8, 4) is 0 Å². The monoisotopic (exact) mass is 207 g/mol. The number of hydroxylamine groups is 1. The Balaban J connectivity index is 2.30. The van der Waals surface area contributed by atoms with Gasteiger partial charge in [-0.1, -0.05) is 18.2 Å². The molecule has 1 aliphatic heterocycles. The van der Waals surface area contributed by atoms with Gasteiger partial charge in [-0.2, -0.15) is 5.06 Å². The number of anilines is 1. The lowest BCUT2D eigenvalue weighted by atomic mass is 10.1. The Morgan fingerprint density at radius 2 is 2.20 bits per heavy atom. The summed E-state index contributed by atoms with van der Waals surface area (Å²) < 4.78 is 0. The minimum atomic E-state index is -0.0939. The van der Waals surface area contributed by atoms with E-state index in [-0.39, 0.29) is 12.5 Å². The molecular formula is C11H13NO3. The number of carbonyl (C=O) groups excluding carboxylic acids is 1. The van der Waals surface area contributed by atoms with Crippen LogP contribution < -0.4 is 5.06 Å². The number of hydrogen-bond donors (Lipinski definition) is 1. The maximum atomic E-state index is 11.6. The van der Waals surface area contributed by atoms with E-state index in [1.54, 1.807) is 12.1 Å². The molecule has 1 aliphatic rings. The zero-order chi connectivity index (χ0) is 10.7. The molecule has 0 spiro atoms. The van der Waals surface area contributed by atoms with Gasteiger partial charge in [0.05, 0.1) is 18.9 Å². The summed E-state index contributed by atoms with van der Waals surface area (Å²) in [5, 5.41) is 10.4. The van der Waals surface area contributed by atoms with Crippen LogP contribution in [0.3, 0.4) is 0 Å². The largest absolute Gasteiger partial charge is 0.392 e. The molecule has 4 nitrogen and oxygen atoms in total. The van der Waals surface area contributed by atoms with Gasteiger partial charge < -0.3 is 5.11 Å². The van der Waals surface area contributed by atoms with E-state index in [0.29, 0.717) is 24.3 Å². The van der Waals surface area contributed by atoms with Crippen LogP contribution in [-0.2, 0) is 16.2 Å². The van der Waals surface area contributed by atoms with Gasteiger partial charge >= 0.3 is 0 Å². The van der Waals surface area contributed by atoms with Crippen LogP contribution in [0.2, 0.25) is 0 Å². The van der Waals surface area contributed by atoms with Crippen molar-refractivity contribution in [2.24, 2.45) is 0 Å². The minimum absolute atomic E-state index is 0.0536. The third kappa shape index (κ3) is 2.00. The first-order valence-corrected chi connectivity index (χ1v) is 4.97. The van der Waals surface area contributed by atoms with Crippen LogP contribution in [0.25, 0.3) is 0 Å². The van der Waals surface area contributed by atoms with Gasteiger partial charge in [0, 0.05) is 12.0 Å². The highest BCUT2D eigenvalue weighted by atomic mass is 16.7. The molecule has 0 bridgehead atoms. The van der Waals surface area contributed by atoms with E-state index < -0.39 is 0 Å². The molecular weight excluding hydrogens is 194 g/mol. The third-order valence-electron chi connectivity index (χ3n) is 2.36. The molecule has 80 valence electrons. The van der Waals surface area contributed by atoms with Crippen molar-refractivity contribution in [2.75, 3.05) is 11.7 Å². The molecule has 15 heavy (non-hydrogen) atoms. The van der Waals surface area contributed by atoms with Gasteiger partial charge in [0.2, 0.25) is 0 Å². The molecule has 0 atom stereocenters. The van der Waals surface area contributed by atoms with Gasteiger partial charge in [-0.3, -0.25) is 9.63 Å². The van der Waals surface area contributed by atoms with Crippen LogP contribution >= 0.6 is 0 Å². The molecule has 2 rings (SSSR count). The Labute approximate surface area is 88.0 Å². The summed E-state index contributed by atoms with van der Waals surface area (Å²) >= 11 is 0. The molecule has 1 aromatic carbocycles. The van der Waals surface area contributed by atoms with Crippen LogP contribution in [0, 0.1) is 0 Å². The van der Waals surface area contributed by atoms with Gasteiger partial charge in [-0.05, 0) is 12.5 Å². The lowest BCUT2D eigenvalue weighted by Crippen LogP contribution is -2.36. The number of amides is 1. The van der Waals surface area contributed by atoms with E-state index in [2.05, 4.69) is 0 Å². The van der Waals surface area contributed by atoms with Crippen molar-refractivity contribution >= 4 is 11.6 Å². The normalized spacial score (nSPS) is 16.9. The topological polar surface area (TPSA) is 49.8 Å². The molecule has 1 heterocycles. The van der Waals surface area contributed by atoms with Gasteiger partial charge in [-0.25, -0.2) is 0 Å². The molecule has 1 amide bonds. The highest BCUT2D eigenvalue weighted by Crippen LogP contribution is 2.24. The molecule has 0 aromatic heterocycles. The zero-order valence-corrected chi connectivity index (χ0v) is 8.35. The maximum absolute atomic E-state index is 11.6. The average Bonchev–Trinajstić information content (AvgIpc) is 2.30. The van der Waals surface area contributed by atoms with E-state index in [1.165, 1.54) is 5.06 Å². The first-order valence-electron chi connectivity index (χ1n) is 4.97. The zero-order valence-electron chi connectivity index (χ0n) is 8.35. The summed E-state index contributed by atoms with van der Waals surface area (Å²) in [6.07, 6.45) is 1.26. The summed E-state index contributed by atoms with van der Waals surface area (Å²) in [7, 11) is 0. The Morgan fingerprint density at radius 3 is 2.93 bits per heavy atom. The highest BCUT2D eigenvalue weighted by Gasteiger charge is 2.22. The van der Waals surface area contributed by atoms with Crippen molar-refractivity contribution in [2.45, 2.75) is 19.4 Å². The molecule has 4 heteroatoms. The molecule has 1 aromatic rings. The van der Waals surface area contributed by atoms with E-state index in [4.69, 9.17) is 9.94 Å². The quantitative estimate of drug-likeness (QED) is 0.793. The number of para-hydroxylation sites is 1. The van der Waals surface area contributed by atoms with E-state index >= 15 is 0 Å². The molecule has 0 aliphatic carbocycles. The van der Waals surface area contributed by atoms with Crippen LogP contribution in [0.1, 0.15) is 18.4 Å². The van der Waals surface area contributed by atoms with E-state index in [0.717, 1.165) is 6.42 Å². The molecule has 0 unspecified atom stereocenters. The molecule has 1 fully saturated rings. The van der Waals surface area contributed by atoms with Crippen molar-refractivity contribution in [3.05, 3.63) is 29.8 Å².